The lowest BCUT2D eigenvalue weighted by atomic mass is 9.92. The quantitative estimate of drug-likeness (QED) is 0.868. The first kappa shape index (κ1) is 13.4. The molecule has 0 fully saturated rings. The number of rotatable bonds is 4. The average molecular weight is 312 g/mol. The number of carbonyl (C=O) groups is 1. The molecule has 1 aromatic rings. The van der Waals surface area contributed by atoms with E-state index in [1.165, 1.54) is 0 Å². The molecule has 0 saturated heterocycles. The van der Waals surface area contributed by atoms with Crippen molar-refractivity contribution in [2.75, 3.05) is 18.5 Å². The van der Waals surface area contributed by atoms with Crippen LogP contribution in [0.4, 0.5) is 0 Å². The van der Waals surface area contributed by atoms with Crippen molar-refractivity contribution in [3.63, 3.8) is 0 Å². The van der Waals surface area contributed by atoms with Crippen molar-refractivity contribution in [3.8, 4) is 5.75 Å². The Morgan fingerprint density at radius 1 is 1.56 bits per heavy atom. The molecule has 2 atom stereocenters. The summed E-state index contributed by atoms with van der Waals surface area (Å²) in [6.07, 6.45) is 0.755. The third-order valence-electron chi connectivity index (χ3n) is 3.16. The van der Waals surface area contributed by atoms with Crippen molar-refractivity contribution in [1.29, 1.82) is 0 Å². The highest BCUT2D eigenvalue weighted by Gasteiger charge is 2.27. The van der Waals surface area contributed by atoms with Crippen molar-refractivity contribution < 1.29 is 9.53 Å². The van der Waals surface area contributed by atoms with E-state index in [9.17, 15) is 4.79 Å². The van der Waals surface area contributed by atoms with Crippen molar-refractivity contribution in [1.82, 2.24) is 5.32 Å². The highest BCUT2D eigenvalue weighted by Crippen LogP contribution is 2.33. The number of fused-ring (bicyclic) bond motifs is 1. The normalized spacial score (nSPS) is 19.6. The topological polar surface area (TPSA) is 38.3 Å². The number of alkyl halides is 1. The van der Waals surface area contributed by atoms with Gasteiger partial charge in [-0.1, -0.05) is 41.1 Å². The van der Waals surface area contributed by atoms with Gasteiger partial charge in [0.25, 0.3) is 0 Å². The van der Waals surface area contributed by atoms with Crippen LogP contribution in [0.1, 0.15) is 24.8 Å². The molecule has 1 aliphatic rings. The van der Waals surface area contributed by atoms with E-state index in [0.29, 0.717) is 19.1 Å². The number of para-hydroxylation sites is 1. The van der Waals surface area contributed by atoms with E-state index in [0.717, 1.165) is 23.1 Å². The predicted molar refractivity (Wildman–Crippen MR) is 75.3 cm³/mol. The van der Waals surface area contributed by atoms with E-state index in [-0.39, 0.29) is 11.8 Å². The first-order valence-corrected chi connectivity index (χ1v) is 7.40. The number of hydrogen-bond donors (Lipinski definition) is 1. The molecule has 3 nitrogen and oxygen atoms in total. The summed E-state index contributed by atoms with van der Waals surface area (Å²) in [7, 11) is 0. The Hall–Kier alpha value is -1.03. The fourth-order valence-electron chi connectivity index (χ4n) is 2.07. The minimum Gasteiger partial charge on any atom is -0.493 e. The van der Waals surface area contributed by atoms with Gasteiger partial charge in [-0.05, 0) is 18.4 Å². The van der Waals surface area contributed by atoms with Gasteiger partial charge in [-0.25, -0.2) is 0 Å². The summed E-state index contributed by atoms with van der Waals surface area (Å²) in [5.41, 5.74) is 1.01. The highest BCUT2D eigenvalue weighted by atomic mass is 79.9. The van der Waals surface area contributed by atoms with Gasteiger partial charge >= 0.3 is 0 Å². The summed E-state index contributed by atoms with van der Waals surface area (Å²) in [6, 6.07) is 7.80. The third kappa shape index (κ3) is 3.05. The molecule has 1 aromatic carbocycles. The number of halogens is 1. The first-order valence-electron chi connectivity index (χ1n) is 6.27. The molecule has 98 valence electrons. The molecule has 1 N–H and O–H groups in total. The minimum atomic E-state index is -0.0718. The maximum atomic E-state index is 12.2. The molecule has 4 heteroatoms. The van der Waals surface area contributed by atoms with Gasteiger partial charge in [0.05, 0.1) is 12.5 Å². The molecule has 2 unspecified atom stereocenters. The Morgan fingerprint density at radius 3 is 3.11 bits per heavy atom. The van der Waals surface area contributed by atoms with Gasteiger partial charge in [0.1, 0.15) is 5.75 Å². The maximum Gasteiger partial charge on any atom is 0.227 e. The van der Waals surface area contributed by atoms with Crippen molar-refractivity contribution in [2.45, 2.75) is 19.3 Å². The van der Waals surface area contributed by atoms with Crippen LogP contribution in [-0.4, -0.2) is 24.4 Å². The second-order valence-corrected chi connectivity index (χ2v) is 5.38. The van der Waals surface area contributed by atoms with Gasteiger partial charge in [-0.3, -0.25) is 4.79 Å². The molecule has 1 aliphatic heterocycles. The summed E-state index contributed by atoms with van der Waals surface area (Å²) in [5.74, 6) is 1.33. The fraction of sp³-hybridized carbons (Fsp3) is 0.500. The molecule has 0 aliphatic carbocycles. The first-order chi connectivity index (χ1) is 8.72. The second kappa shape index (κ2) is 6.23. The van der Waals surface area contributed by atoms with Crippen LogP contribution in [0.3, 0.4) is 0 Å². The van der Waals surface area contributed by atoms with Crippen LogP contribution in [-0.2, 0) is 4.79 Å². The lowest BCUT2D eigenvalue weighted by molar-refractivity contribution is -0.123. The second-order valence-electron chi connectivity index (χ2n) is 4.73. The van der Waals surface area contributed by atoms with Gasteiger partial charge in [-0.2, -0.15) is 0 Å². The summed E-state index contributed by atoms with van der Waals surface area (Å²) in [6.45, 7) is 3.43. The summed E-state index contributed by atoms with van der Waals surface area (Å²) in [5, 5.41) is 3.92. The van der Waals surface area contributed by atoms with Crippen LogP contribution in [0.2, 0.25) is 0 Å². The fourth-order valence-corrected chi connectivity index (χ4v) is 2.30. The molecule has 0 aromatic heterocycles. The Bertz CT molecular complexity index is 422. The summed E-state index contributed by atoms with van der Waals surface area (Å²) in [4.78, 5) is 12.2. The van der Waals surface area contributed by atoms with E-state index >= 15 is 0 Å². The van der Waals surface area contributed by atoms with E-state index in [4.69, 9.17) is 4.74 Å². The molecule has 0 spiro atoms. The van der Waals surface area contributed by atoms with Gasteiger partial charge < -0.3 is 10.1 Å². The number of amides is 1. The van der Waals surface area contributed by atoms with Crippen LogP contribution in [0, 0.1) is 5.92 Å². The lowest BCUT2D eigenvalue weighted by Gasteiger charge is -2.25. The zero-order valence-corrected chi connectivity index (χ0v) is 12.1. The zero-order valence-electron chi connectivity index (χ0n) is 10.5. The van der Waals surface area contributed by atoms with Crippen LogP contribution >= 0.6 is 15.9 Å². The smallest absolute Gasteiger partial charge is 0.227 e. The van der Waals surface area contributed by atoms with Crippen LogP contribution in [0.5, 0.6) is 5.75 Å². The van der Waals surface area contributed by atoms with Gasteiger partial charge in [0.15, 0.2) is 0 Å². The molecule has 1 heterocycles. The molecule has 1 amide bonds. The van der Waals surface area contributed by atoms with Crippen molar-refractivity contribution in [3.05, 3.63) is 29.8 Å². The molecular formula is C14H18BrNO2. The predicted octanol–water partition coefficient (Wildman–Crippen LogP) is 2.70. The van der Waals surface area contributed by atoms with E-state index in [2.05, 4.69) is 28.2 Å². The van der Waals surface area contributed by atoms with Gasteiger partial charge in [0, 0.05) is 17.4 Å². The molecule has 0 bridgehead atoms. The lowest BCUT2D eigenvalue weighted by Crippen LogP contribution is -2.35. The summed E-state index contributed by atoms with van der Waals surface area (Å²) >= 11 is 3.42. The third-order valence-corrected chi connectivity index (χ3v) is 4.27. The number of ether oxygens (including phenoxy) is 1. The molecule has 18 heavy (non-hydrogen) atoms. The van der Waals surface area contributed by atoms with E-state index < -0.39 is 0 Å². The highest BCUT2D eigenvalue weighted by molar-refractivity contribution is 9.09. The van der Waals surface area contributed by atoms with Crippen molar-refractivity contribution in [2.24, 2.45) is 5.92 Å². The molecule has 0 radical (unpaired) electrons. The Morgan fingerprint density at radius 2 is 2.33 bits per heavy atom. The van der Waals surface area contributed by atoms with Crippen LogP contribution < -0.4 is 10.1 Å². The monoisotopic (exact) mass is 311 g/mol. The molecule has 0 saturated carbocycles. The standard InChI is InChI=1S/C14H18BrNO2/c1-10(8-15)9-16-14(17)12-6-7-18-13-5-3-2-4-11(12)13/h2-5,10,12H,6-9H2,1H3,(H,16,17). The van der Waals surface area contributed by atoms with Crippen molar-refractivity contribution >= 4 is 21.8 Å². The zero-order chi connectivity index (χ0) is 13.0. The SMILES string of the molecule is CC(CBr)CNC(=O)C1CCOc2ccccc21. The minimum absolute atomic E-state index is 0.0718. The van der Waals surface area contributed by atoms with Gasteiger partial charge in [0.2, 0.25) is 5.91 Å². The summed E-state index contributed by atoms with van der Waals surface area (Å²) < 4.78 is 5.56. The Labute approximate surface area is 116 Å². The average Bonchev–Trinajstić information content (AvgIpc) is 2.43. The van der Waals surface area contributed by atoms with E-state index in [1.807, 2.05) is 24.3 Å². The number of hydrogen-bond acceptors (Lipinski definition) is 2. The number of nitrogens with one attached hydrogen (secondary N) is 1. The molecular weight excluding hydrogens is 294 g/mol. The van der Waals surface area contributed by atoms with Gasteiger partial charge in [-0.15, -0.1) is 0 Å². The van der Waals surface area contributed by atoms with Crippen LogP contribution in [0.15, 0.2) is 24.3 Å². The Balaban J connectivity index is 2.04. The Kier molecular flexibility index (Phi) is 4.64. The largest absolute Gasteiger partial charge is 0.493 e. The molecule has 2 rings (SSSR count). The number of carbonyl (C=O) groups excluding carboxylic acids is 1. The van der Waals surface area contributed by atoms with Crippen LogP contribution in [0.25, 0.3) is 0 Å². The van der Waals surface area contributed by atoms with E-state index in [1.54, 1.807) is 0 Å². The maximum absolute atomic E-state index is 12.2. The number of benzene rings is 1.